The Morgan fingerprint density at radius 2 is 2.50 bits per heavy atom. The summed E-state index contributed by atoms with van der Waals surface area (Å²) in [6.45, 7) is 2.10. The number of ether oxygens (including phenoxy) is 2. The number of hydrogen-bond acceptors (Lipinski definition) is 2. The molecule has 0 aromatic rings. The number of methoxy groups -OCH3 is 1. The van der Waals surface area contributed by atoms with Crippen LogP contribution in [0.25, 0.3) is 0 Å². The zero-order valence-electron chi connectivity index (χ0n) is 6.59. The number of hydrogen-bond donors (Lipinski definition) is 0. The average molecular weight is 142 g/mol. The standard InChI is InChI=1S/C8H14O2/c1-6(9-2)8-5-3-4-7(8)10-8/h6-7H,3-5H2,1-2H3. The minimum Gasteiger partial charge on any atom is -0.379 e. The van der Waals surface area contributed by atoms with Crippen LogP contribution in [0.15, 0.2) is 0 Å². The third-order valence-corrected chi connectivity index (χ3v) is 2.92. The van der Waals surface area contributed by atoms with Crippen LogP contribution in [0.5, 0.6) is 0 Å². The molecule has 1 heterocycles. The predicted octanol–water partition coefficient (Wildman–Crippen LogP) is 1.34. The Bertz CT molecular complexity index is 146. The van der Waals surface area contributed by atoms with Crippen molar-refractivity contribution in [2.75, 3.05) is 7.11 Å². The fourth-order valence-corrected chi connectivity index (χ4v) is 2.08. The molecular formula is C8H14O2. The quantitative estimate of drug-likeness (QED) is 0.543. The largest absolute Gasteiger partial charge is 0.379 e. The minimum absolute atomic E-state index is 0.148. The first-order valence-corrected chi connectivity index (χ1v) is 4.00. The van der Waals surface area contributed by atoms with Crippen molar-refractivity contribution in [3.8, 4) is 0 Å². The van der Waals surface area contributed by atoms with E-state index in [-0.39, 0.29) is 5.60 Å². The first-order chi connectivity index (χ1) is 4.79. The molecule has 1 saturated carbocycles. The van der Waals surface area contributed by atoms with Crippen LogP contribution in [0, 0.1) is 0 Å². The van der Waals surface area contributed by atoms with Gasteiger partial charge in [-0.15, -0.1) is 0 Å². The number of rotatable bonds is 2. The fraction of sp³-hybridized carbons (Fsp3) is 1.00. The third-order valence-electron chi connectivity index (χ3n) is 2.92. The molecule has 58 valence electrons. The second kappa shape index (κ2) is 1.95. The van der Waals surface area contributed by atoms with Crippen molar-refractivity contribution in [1.29, 1.82) is 0 Å². The van der Waals surface area contributed by atoms with Crippen molar-refractivity contribution in [3.05, 3.63) is 0 Å². The van der Waals surface area contributed by atoms with E-state index < -0.39 is 0 Å². The Hall–Kier alpha value is -0.0800. The molecule has 0 aromatic carbocycles. The van der Waals surface area contributed by atoms with E-state index in [9.17, 15) is 0 Å². The normalized spacial score (nSPS) is 46.8. The van der Waals surface area contributed by atoms with Gasteiger partial charge >= 0.3 is 0 Å². The van der Waals surface area contributed by atoms with Crippen molar-refractivity contribution in [1.82, 2.24) is 0 Å². The highest BCUT2D eigenvalue weighted by atomic mass is 16.6. The van der Waals surface area contributed by atoms with Gasteiger partial charge in [-0.25, -0.2) is 0 Å². The van der Waals surface area contributed by atoms with Gasteiger partial charge < -0.3 is 9.47 Å². The Morgan fingerprint density at radius 1 is 1.70 bits per heavy atom. The van der Waals surface area contributed by atoms with E-state index in [4.69, 9.17) is 9.47 Å². The molecule has 0 N–H and O–H groups in total. The Labute approximate surface area is 61.5 Å². The Morgan fingerprint density at radius 3 is 2.90 bits per heavy atom. The van der Waals surface area contributed by atoms with Crippen LogP contribution < -0.4 is 0 Å². The highest BCUT2D eigenvalue weighted by molar-refractivity contribution is 5.10. The maximum atomic E-state index is 5.57. The third kappa shape index (κ3) is 0.663. The first-order valence-electron chi connectivity index (χ1n) is 4.00. The van der Waals surface area contributed by atoms with E-state index in [0.29, 0.717) is 12.2 Å². The molecule has 2 rings (SSSR count). The summed E-state index contributed by atoms with van der Waals surface area (Å²) in [7, 11) is 1.76. The highest BCUT2D eigenvalue weighted by Crippen LogP contribution is 2.52. The van der Waals surface area contributed by atoms with Crippen molar-refractivity contribution in [2.45, 2.75) is 44.0 Å². The summed E-state index contributed by atoms with van der Waals surface area (Å²) < 4.78 is 10.8. The molecule has 0 radical (unpaired) electrons. The van der Waals surface area contributed by atoms with Gasteiger partial charge in [0, 0.05) is 7.11 Å². The summed E-state index contributed by atoms with van der Waals surface area (Å²) >= 11 is 0. The van der Waals surface area contributed by atoms with Gasteiger partial charge in [-0.05, 0) is 26.2 Å². The molecule has 3 unspecified atom stereocenters. The van der Waals surface area contributed by atoms with Gasteiger partial charge in [0.25, 0.3) is 0 Å². The second-order valence-electron chi connectivity index (χ2n) is 3.33. The lowest BCUT2D eigenvalue weighted by atomic mass is 10.0. The van der Waals surface area contributed by atoms with Crippen LogP contribution in [0.4, 0.5) is 0 Å². The zero-order valence-corrected chi connectivity index (χ0v) is 6.59. The Kier molecular flexibility index (Phi) is 1.29. The van der Waals surface area contributed by atoms with Crippen molar-refractivity contribution >= 4 is 0 Å². The van der Waals surface area contributed by atoms with E-state index in [1.54, 1.807) is 7.11 Å². The summed E-state index contributed by atoms with van der Waals surface area (Å²) in [6.07, 6.45) is 4.58. The smallest absolute Gasteiger partial charge is 0.120 e. The molecule has 1 saturated heterocycles. The molecule has 3 atom stereocenters. The molecular weight excluding hydrogens is 128 g/mol. The van der Waals surface area contributed by atoms with Gasteiger partial charge in [0.05, 0.1) is 12.2 Å². The molecule has 0 amide bonds. The summed E-state index contributed by atoms with van der Waals surface area (Å²) in [5, 5.41) is 0. The molecule has 0 aromatic heterocycles. The van der Waals surface area contributed by atoms with Crippen LogP contribution in [0.3, 0.4) is 0 Å². The first kappa shape index (κ1) is 6.62. The molecule has 0 spiro atoms. The van der Waals surface area contributed by atoms with E-state index in [0.717, 1.165) is 0 Å². The molecule has 0 bridgehead atoms. The fourth-order valence-electron chi connectivity index (χ4n) is 2.08. The molecule has 2 aliphatic rings. The molecule has 1 aliphatic carbocycles. The summed E-state index contributed by atoms with van der Waals surface area (Å²) in [6, 6.07) is 0. The SMILES string of the molecule is COC(C)C12CCCC1O2. The van der Waals surface area contributed by atoms with Gasteiger partial charge in [0.2, 0.25) is 0 Å². The van der Waals surface area contributed by atoms with E-state index in [1.165, 1.54) is 19.3 Å². The molecule has 10 heavy (non-hydrogen) atoms. The van der Waals surface area contributed by atoms with Gasteiger partial charge in [0.15, 0.2) is 0 Å². The van der Waals surface area contributed by atoms with E-state index >= 15 is 0 Å². The highest BCUT2D eigenvalue weighted by Gasteiger charge is 2.62. The lowest BCUT2D eigenvalue weighted by Gasteiger charge is -2.15. The Balaban J connectivity index is 2.03. The van der Waals surface area contributed by atoms with Crippen LogP contribution in [0.1, 0.15) is 26.2 Å². The van der Waals surface area contributed by atoms with E-state index in [1.807, 2.05) is 0 Å². The van der Waals surface area contributed by atoms with Crippen LogP contribution in [0.2, 0.25) is 0 Å². The van der Waals surface area contributed by atoms with Crippen LogP contribution in [-0.4, -0.2) is 24.9 Å². The van der Waals surface area contributed by atoms with Gasteiger partial charge in [-0.3, -0.25) is 0 Å². The lowest BCUT2D eigenvalue weighted by Crippen LogP contribution is -2.28. The van der Waals surface area contributed by atoms with E-state index in [2.05, 4.69) is 6.92 Å². The monoisotopic (exact) mass is 142 g/mol. The summed E-state index contributed by atoms with van der Waals surface area (Å²) in [4.78, 5) is 0. The van der Waals surface area contributed by atoms with Gasteiger partial charge in [-0.2, -0.15) is 0 Å². The summed E-state index contributed by atoms with van der Waals surface area (Å²) in [5.41, 5.74) is 0.148. The van der Waals surface area contributed by atoms with Gasteiger partial charge in [-0.1, -0.05) is 0 Å². The van der Waals surface area contributed by atoms with Crippen molar-refractivity contribution in [2.24, 2.45) is 0 Å². The van der Waals surface area contributed by atoms with Crippen molar-refractivity contribution in [3.63, 3.8) is 0 Å². The maximum absolute atomic E-state index is 5.57. The second-order valence-corrected chi connectivity index (χ2v) is 3.33. The zero-order chi connectivity index (χ0) is 7.19. The van der Waals surface area contributed by atoms with Crippen LogP contribution >= 0.6 is 0 Å². The lowest BCUT2D eigenvalue weighted by molar-refractivity contribution is 0.0390. The number of epoxide rings is 1. The molecule has 2 heteroatoms. The molecule has 1 aliphatic heterocycles. The predicted molar refractivity (Wildman–Crippen MR) is 37.9 cm³/mol. The molecule has 2 fully saturated rings. The van der Waals surface area contributed by atoms with Gasteiger partial charge in [0.1, 0.15) is 5.60 Å². The van der Waals surface area contributed by atoms with Crippen molar-refractivity contribution < 1.29 is 9.47 Å². The van der Waals surface area contributed by atoms with Crippen LogP contribution in [-0.2, 0) is 9.47 Å². The number of fused-ring (bicyclic) bond motifs is 1. The minimum atomic E-state index is 0.148. The average Bonchev–Trinajstić information content (AvgIpc) is 2.54. The maximum Gasteiger partial charge on any atom is 0.120 e. The summed E-state index contributed by atoms with van der Waals surface area (Å²) in [5.74, 6) is 0. The molecule has 2 nitrogen and oxygen atoms in total. The topological polar surface area (TPSA) is 21.8 Å².